The lowest BCUT2D eigenvalue weighted by Crippen LogP contribution is -2.53. The summed E-state index contributed by atoms with van der Waals surface area (Å²) >= 11 is 0. The van der Waals surface area contributed by atoms with Crippen LogP contribution in [0.5, 0.6) is 0 Å². The van der Waals surface area contributed by atoms with Crippen LogP contribution < -0.4 is 5.32 Å². The SMILES string of the molecule is O=C(N[C@@H](CCO)C(=O)N1CCS(=O)(=O)CC1)c1ccc(S(=O)(=O)c2ccccc2)cc1. The monoisotopic (exact) mass is 480 g/mol. The first-order valence-corrected chi connectivity index (χ1v) is 13.3. The van der Waals surface area contributed by atoms with Gasteiger partial charge in [0.05, 0.1) is 21.3 Å². The molecule has 1 atom stereocenters. The zero-order valence-electron chi connectivity index (χ0n) is 17.2. The second kappa shape index (κ2) is 9.80. The predicted molar refractivity (Wildman–Crippen MR) is 117 cm³/mol. The molecule has 2 aromatic carbocycles. The Morgan fingerprint density at radius 1 is 0.969 bits per heavy atom. The minimum absolute atomic E-state index is 0.0257. The summed E-state index contributed by atoms with van der Waals surface area (Å²) in [7, 11) is -6.89. The standard InChI is InChI=1S/C21H24N2O7S2/c24-13-10-19(21(26)23-11-14-31(27,28)15-12-23)22-20(25)16-6-8-18(9-7-16)32(29,30)17-4-2-1-3-5-17/h1-9,19,24H,10-15H2,(H,22,25)/t19-/m0/s1. The summed E-state index contributed by atoms with van der Waals surface area (Å²) in [5, 5.41) is 11.9. The van der Waals surface area contributed by atoms with Crippen molar-refractivity contribution in [2.24, 2.45) is 0 Å². The highest BCUT2D eigenvalue weighted by Gasteiger charge is 2.30. The zero-order valence-corrected chi connectivity index (χ0v) is 18.8. The van der Waals surface area contributed by atoms with Crippen molar-refractivity contribution in [1.82, 2.24) is 10.2 Å². The third-order valence-corrected chi connectivity index (χ3v) is 8.55. The number of rotatable bonds is 7. The van der Waals surface area contributed by atoms with Crippen molar-refractivity contribution in [1.29, 1.82) is 0 Å². The molecule has 0 aliphatic carbocycles. The van der Waals surface area contributed by atoms with Crippen LogP contribution in [0.1, 0.15) is 16.8 Å². The van der Waals surface area contributed by atoms with Crippen LogP contribution in [0.2, 0.25) is 0 Å². The van der Waals surface area contributed by atoms with Crippen molar-refractivity contribution in [2.75, 3.05) is 31.2 Å². The number of nitrogens with zero attached hydrogens (tertiary/aromatic N) is 1. The first-order chi connectivity index (χ1) is 15.1. The third-order valence-electron chi connectivity index (χ3n) is 5.16. The highest BCUT2D eigenvalue weighted by molar-refractivity contribution is 7.91. The number of benzene rings is 2. The lowest BCUT2D eigenvalue weighted by atomic mass is 10.1. The molecule has 3 rings (SSSR count). The molecular weight excluding hydrogens is 456 g/mol. The van der Waals surface area contributed by atoms with E-state index in [0.717, 1.165) is 0 Å². The van der Waals surface area contributed by atoms with Crippen LogP contribution in [0.4, 0.5) is 0 Å². The van der Waals surface area contributed by atoms with Gasteiger partial charge in [0.25, 0.3) is 5.91 Å². The van der Waals surface area contributed by atoms with Gasteiger partial charge in [-0.05, 0) is 42.8 Å². The fourth-order valence-electron chi connectivity index (χ4n) is 3.30. The Bertz CT molecular complexity index is 1160. The number of amides is 2. The van der Waals surface area contributed by atoms with E-state index in [1.165, 1.54) is 41.3 Å². The zero-order chi connectivity index (χ0) is 23.4. The Morgan fingerprint density at radius 3 is 2.09 bits per heavy atom. The molecule has 0 radical (unpaired) electrons. The molecule has 1 aliphatic rings. The van der Waals surface area contributed by atoms with Gasteiger partial charge in [-0.3, -0.25) is 9.59 Å². The molecule has 1 fully saturated rings. The second-order valence-electron chi connectivity index (χ2n) is 7.36. The molecule has 11 heteroatoms. The minimum atomic E-state index is -3.73. The summed E-state index contributed by atoms with van der Waals surface area (Å²) in [6, 6.07) is 12.2. The minimum Gasteiger partial charge on any atom is -0.396 e. The molecule has 172 valence electrons. The summed E-state index contributed by atoms with van der Waals surface area (Å²) in [4.78, 5) is 26.9. The third kappa shape index (κ3) is 5.53. The van der Waals surface area contributed by atoms with Gasteiger partial charge in [-0.25, -0.2) is 16.8 Å². The molecule has 32 heavy (non-hydrogen) atoms. The van der Waals surface area contributed by atoms with Crippen molar-refractivity contribution in [3.05, 3.63) is 60.2 Å². The summed E-state index contributed by atoms with van der Waals surface area (Å²) in [5.74, 6) is -1.36. The van der Waals surface area contributed by atoms with E-state index >= 15 is 0 Å². The number of aliphatic hydroxyl groups is 1. The Labute approximate surface area is 186 Å². The van der Waals surface area contributed by atoms with Crippen LogP contribution in [-0.2, 0) is 24.5 Å². The van der Waals surface area contributed by atoms with Gasteiger partial charge in [0.15, 0.2) is 9.84 Å². The molecule has 0 saturated carbocycles. The lowest BCUT2D eigenvalue weighted by molar-refractivity contribution is -0.133. The lowest BCUT2D eigenvalue weighted by Gasteiger charge is -2.30. The average Bonchev–Trinajstić information content (AvgIpc) is 2.79. The van der Waals surface area contributed by atoms with Gasteiger partial charge in [-0.1, -0.05) is 18.2 Å². The number of nitrogens with one attached hydrogen (secondary N) is 1. The Kier molecular flexibility index (Phi) is 7.32. The molecular formula is C21H24N2O7S2. The second-order valence-corrected chi connectivity index (χ2v) is 11.6. The number of hydrogen-bond acceptors (Lipinski definition) is 7. The van der Waals surface area contributed by atoms with Crippen LogP contribution in [0, 0.1) is 0 Å². The van der Waals surface area contributed by atoms with Crippen molar-refractivity contribution in [2.45, 2.75) is 22.3 Å². The number of sulfone groups is 2. The quantitative estimate of drug-likeness (QED) is 0.580. The first kappa shape index (κ1) is 23.9. The molecule has 1 aliphatic heterocycles. The predicted octanol–water partition coefficient (Wildman–Crippen LogP) is 0.257. The summed E-state index contributed by atoms with van der Waals surface area (Å²) in [6.45, 7) is -0.285. The van der Waals surface area contributed by atoms with E-state index in [2.05, 4.69) is 5.32 Å². The summed E-state index contributed by atoms with van der Waals surface area (Å²) < 4.78 is 48.5. The summed E-state index contributed by atoms with van der Waals surface area (Å²) in [6.07, 6.45) is -0.0334. The molecule has 9 nitrogen and oxygen atoms in total. The number of hydrogen-bond donors (Lipinski definition) is 2. The molecule has 0 spiro atoms. The van der Waals surface area contributed by atoms with E-state index in [9.17, 15) is 31.5 Å². The van der Waals surface area contributed by atoms with E-state index in [1.807, 2.05) is 0 Å². The molecule has 2 aromatic rings. The molecule has 2 amide bonds. The Balaban J connectivity index is 1.71. The average molecular weight is 481 g/mol. The molecule has 1 heterocycles. The van der Waals surface area contributed by atoms with E-state index in [0.29, 0.717) is 0 Å². The smallest absolute Gasteiger partial charge is 0.251 e. The first-order valence-electron chi connectivity index (χ1n) is 9.95. The van der Waals surface area contributed by atoms with Gasteiger partial charge in [0.1, 0.15) is 6.04 Å². The van der Waals surface area contributed by atoms with Crippen LogP contribution in [0.3, 0.4) is 0 Å². The van der Waals surface area contributed by atoms with Gasteiger partial charge in [-0.2, -0.15) is 0 Å². The molecule has 0 aromatic heterocycles. The normalized spacial score (nSPS) is 16.8. The summed E-state index contributed by atoms with van der Waals surface area (Å²) in [5.41, 5.74) is 0.147. The molecule has 0 bridgehead atoms. The number of carbonyl (C=O) groups excluding carboxylic acids is 2. The van der Waals surface area contributed by atoms with Crippen molar-refractivity contribution >= 4 is 31.5 Å². The van der Waals surface area contributed by atoms with Gasteiger partial charge in [0, 0.05) is 25.3 Å². The van der Waals surface area contributed by atoms with Crippen molar-refractivity contribution in [3.8, 4) is 0 Å². The van der Waals surface area contributed by atoms with Gasteiger partial charge >= 0.3 is 0 Å². The highest BCUT2D eigenvalue weighted by Crippen LogP contribution is 2.21. The van der Waals surface area contributed by atoms with Crippen molar-refractivity contribution < 1.29 is 31.5 Å². The van der Waals surface area contributed by atoms with Crippen LogP contribution >= 0.6 is 0 Å². The topological polar surface area (TPSA) is 138 Å². The Morgan fingerprint density at radius 2 is 1.53 bits per heavy atom. The largest absolute Gasteiger partial charge is 0.396 e. The van der Waals surface area contributed by atoms with Crippen LogP contribution in [-0.4, -0.2) is 75.9 Å². The van der Waals surface area contributed by atoms with E-state index in [-0.39, 0.29) is 53.0 Å². The highest BCUT2D eigenvalue weighted by atomic mass is 32.2. The Hall–Kier alpha value is -2.76. The van der Waals surface area contributed by atoms with Crippen LogP contribution in [0.25, 0.3) is 0 Å². The number of aliphatic hydroxyl groups excluding tert-OH is 1. The van der Waals surface area contributed by atoms with Crippen LogP contribution in [0.15, 0.2) is 64.4 Å². The maximum Gasteiger partial charge on any atom is 0.251 e. The van der Waals surface area contributed by atoms with E-state index in [1.54, 1.807) is 18.2 Å². The van der Waals surface area contributed by atoms with Gasteiger partial charge in [-0.15, -0.1) is 0 Å². The fourth-order valence-corrected chi connectivity index (χ4v) is 5.79. The van der Waals surface area contributed by atoms with Gasteiger partial charge in [0.2, 0.25) is 15.7 Å². The van der Waals surface area contributed by atoms with Gasteiger partial charge < -0.3 is 15.3 Å². The number of carbonyl (C=O) groups is 2. The van der Waals surface area contributed by atoms with E-state index < -0.39 is 37.5 Å². The molecule has 0 unspecified atom stereocenters. The van der Waals surface area contributed by atoms with E-state index in [4.69, 9.17) is 0 Å². The molecule has 1 saturated heterocycles. The van der Waals surface area contributed by atoms with Crippen molar-refractivity contribution in [3.63, 3.8) is 0 Å². The maximum absolute atomic E-state index is 12.7. The fraction of sp³-hybridized carbons (Fsp3) is 0.333. The maximum atomic E-state index is 12.7. The molecule has 2 N–H and O–H groups in total.